The van der Waals surface area contributed by atoms with Gasteiger partial charge in [0.05, 0.1) is 0 Å². The SMILES string of the molecule is CC(=O)N/C(C(=O)O)=C(\C)Sc1ccccc1. The average molecular weight is 251 g/mol. The van der Waals surface area contributed by atoms with Crippen LogP contribution in [0.3, 0.4) is 0 Å². The molecule has 17 heavy (non-hydrogen) atoms. The first-order valence-electron chi connectivity index (χ1n) is 4.95. The van der Waals surface area contributed by atoms with Crippen molar-refractivity contribution in [3.63, 3.8) is 0 Å². The molecule has 0 saturated heterocycles. The van der Waals surface area contributed by atoms with E-state index in [0.29, 0.717) is 4.91 Å². The predicted molar refractivity (Wildman–Crippen MR) is 66.5 cm³/mol. The molecule has 0 spiro atoms. The number of hydrogen-bond donors (Lipinski definition) is 2. The number of carbonyl (C=O) groups is 2. The number of nitrogens with one attached hydrogen (secondary N) is 1. The third kappa shape index (κ3) is 4.32. The van der Waals surface area contributed by atoms with Crippen LogP contribution in [0.1, 0.15) is 13.8 Å². The normalized spacial score (nSPS) is 11.6. The Morgan fingerprint density at radius 3 is 2.24 bits per heavy atom. The molecule has 0 aliphatic carbocycles. The fraction of sp³-hybridized carbons (Fsp3) is 0.167. The first-order chi connectivity index (χ1) is 8.00. The van der Waals surface area contributed by atoms with Crippen LogP contribution in [0.5, 0.6) is 0 Å². The van der Waals surface area contributed by atoms with Gasteiger partial charge in [0.2, 0.25) is 5.91 Å². The molecule has 0 aromatic heterocycles. The lowest BCUT2D eigenvalue weighted by Crippen LogP contribution is -2.25. The zero-order valence-corrected chi connectivity index (χ0v) is 10.4. The van der Waals surface area contributed by atoms with Crippen LogP contribution in [0.2, 0.25) is 0 Å². The van der Waals surface area contributed by atoms with Crippen LogP contribution in [0.25, 0.3) is 0 Å². The summed E-state index contributed by atoms with van der Waals surface area (Å²) in [6.45, 7) is 2.94. The third-order valence-corrected chi connectivity index (χ3v) is 2.90. The Hall–Kier alpha value is -1.75. The van der Waals surface area contributed by atoms with Gasteiger partial charge in [-0.15, -0.1) is 0 Å². The fourth-order valence-electron chi connectivity index (χ4n) is 1.18. The summed E-state index contributed by atoms with van der Waals surface area (Å²) in [6, 6.07) is 9.38. The summed E-state index contributed by atoms with van der Waals surface area (Å²) in [4.78, 5) is 23.3. The number of amides is 1. The molecule has 1 aromatic rings. The fourth-order valence-corrected chi connectivity index (χ4v) is 2.07. The highest BCUT2D eigenvalue weighted by atomic mass is 32.2. The van der Waals surface area contributed by atoms with Gasteiger partial charge in [0.1, 0.15) is 5.70 Å². The van der Waals surface area contributed by atoms with Crippen LogP contribution in [-0.2, 0) is 9.59 Å². The van der Waals surface area contributed by atoms with E-state index in [1.807, 2.05) is 30.3 Å². The van der Waals surface area contributed by atoms with E-state index in [0.717, 1.165) is 4.90 Å². The summed E-state index contributed by atoms with van der Waals surface area (Å²) in [5.74, 6) is -1.53. The van der Waals surface area contributed by atoms with Crippen molar-refractivity contribution in [2.45, 2.75) is 18.7 Å². The number of carboxylic acid groups (broad SMARTS) is 1. The van der Waals surface area contributed by atoms with Gasteiger partial charge in [-0.2, -0.15) is 0 Å². The molecule has 0 bridgehead atoms. The van der Waals surface area contributed by atoms with E-state index >= 15 is 0 Å². The summed E-state index contributed by atoms with van der Waals surface area (Å²) in [7, 11) is 0. The largest absolute Gasteiger partial charge is 0.477 e. The summed E-state index contributed by atoms with van der Waals surface area (Å²) in [5.41, 5.74) is -0.0775. The zero-order valence-electron chi connectivity index (χ0n) is 9.56. The van der Waals surface area contributed by atoms with Crippen molar-refractivity contribution in [1.82, 2.24) is 5.32 Å². The minimum Gasteiger partial charge on any atom is -0.477 e. The standard InChI is InChI=1S/C12H13NO3S/c1-8(11(12(15)16)13-9(2)14)17-10-6-4-3-5-7-10/h3-7H,1-2H3,(H,13,14)(H,15,16)/b11-8+. The van der Waals surface area contributed by atoms with Crippen molar-refractivity contribution in [2.75, 3.05) is 0 Å². The van der Waals surface area contributed by atoms with Gasteiger partial charge in [0, 0.05) is 16.7 Å². The summed E-state index contributed by atoms with van der Waals surface area (Å²) < 4.78 is 0. The number of carbonyl (C=O) groups excluding carboxylic acids is 1. The molecule has 90 valence electrons. The van der Waals surface area contributed by atoms with Crippen LogP contribution in [0, 0.1) is 0 Å². The maximum atomic E-state index is 11.0. The number of thioether (sulfide) groups is 1. The van der Waals surface area contributed by atoms with Crippen molar-refractivity contribution in [3.05, 3.63) is 40.9 Å². The van der Waals surface area contributed by atoms with E-state index in [2.05, 4.69) is 5.32 Å². The van der Waals surface area contributed by atoms with Gasteiger partial charge in [0.25, 0.3) is 0 Å². The van der Waals surface area contributed by atoms with Crippen molar-refractivity contribution in [2.24, 2.45) is 0 Å². The molecule has 0 aliphatic rings. The lowest BCUT2D eigenvalue weighted by molar-refractivity contribution is -0.134. The maximum absolute atomic E-state index is 11.0. The second kappa shape index (κ2) is 6.10. The Kier molecular flexibility index (Phi) is 4.78. The van der Waals surface area contributed by atoms with E-state index in [4.69, 9.17) is 5.11 Å². The van der Waals surface area contributed by atoms with E-state index in [9.17, 15) is 9.59 Å². The van der Waals surface area contributed by atoms with E-state index in [1.165, 1.54) is 18.7 Å². The number of benzene rings is 1. The van der Waals surface area contributed by atoms with Gasteiger partial charge >= 0.3 is 5.97 Å². The molecule has 0 atom stereocenters. The highest BCUT2D eigenvalue weighted by Gasteiger charge is 2.13. The second-order valence-electron chi connectivity index (χ2n) is 3.33. The zero-order chi connectivity index (χ0) is 12.8. The van der Waals surface area contributed by atoms with Crippen molar-refractivity contribution >= 4 is 23.6 Å². The molecule has 0 heterocycles. The van der Waals surface area contributed by atoms with Crippen LogP contribution in [-0.4, -0.2) is 17.0 Å². The molecule has 4 nitrogen and oxygen atoms in total. The van der Waals surface area contributed by atoms with Gasteiger partial charge in [-0.3, -0.25) is 4.79 Å². The van der Waals surface area contributed by atoms with Gasteiger partial charge in [-0.1, -0.05) is 30.0 Å². The predicted octanol–water partition coefficient (Wildman–Crippen LogP) is 2.23. The van der Waals surface area contributed by atoms with Crippen LogP contribution in [0.15, 0.2) is 45.8 Å². The molecule has 2 N–H and O–H groups in total. The number of aliphatic carboxylic acids is 1. The number of allylic oxidation sites excluding steroid dienone is 1. The molecule has 0 unspecified atom stereocenters. The summed E-state index contributed by atoms with van der Waals surface area (Å²) >= 11 is 1.31. The number of carboxylic acids is 1. The van der Waals surface area contributed by atoms with Crippen molar-refractivity contribution < 1.29 is 14.7 Å². The minimum absolute atomic E-state index is 0.0775. The molecular formula is C12H13NO3S. The number of rotatable bonds is 4. The van der Waals surface area contributed by atoms with Crippen molar-refractivity contribution in [3.8, 4) is 0 Å². The Morgan fingerprint density at radius 2 is 1.76 bits per heavy atom. The average Bonchev–Trinajstić information content (AvgIpc) is 2.26. The Balaban J connectivity index is 2.92. The topological polar surface area (TPSA) is 66.4 Å². The smallest absolute Gasteiger partial charge is 0.353 e. The van der Waals surface area contributed by atoms with Gasteiger partial charge < -0.3 is 10.4 Å². The molecule has 1 rings (SSSR count). The Morgan fingerprint density at radius 1 is 1.18 bits per heavy atom. The molecule has 1 aromatic carbocycles. The summed E-state index contributed by atoms with van der Waals surface area (Å²) in [6.07, 6.45) is 0. The molecule has 0 fully saturated rings. The summed E-state index contributed by atoms with van der Waals surface area (Å²) in [5, 5.41) is 11.3. The van der Waals surface area contributed by atoms with E-state index in [1.54, 1.807) is 6.92 Å². The molecule has 0 aliphatic heterocycles. The van der Waals surface area contributed by atoms with E-state index in [-0.39, 0.29) is 5.70 Å². The van der Waals surface area contributed by atoms with Gasteiger partial charge in [-0.25, -0.2) is 4.79 Å². The maximum Gasteiger partial charge on any atom is 0.353 e. The number of hydrogen-bond acceptors (Lipinski definition) is 3. The molecule has 0 saturated carbocycles. The highest BCUT2D eigenvalue weighted by molar-refractivity contribution is 8.03. The lowest BCUT2D eigenvalue weighted by atomic mass is 10.4. The third-order valence-electron chi connectivity index (χ3n) is 1.88. The quantitative estimate of drug-likeness (QED) is 0.636. The molecule has 5 heteroatoms. The highest BCUT2D eigenvalue weighted by Crippen LogP contribution is 2.27. The first-order valence-corrected chi connectivity index (χ1v) is 5.77. The molecular weight excluding hydrogens is 238 g/mol. The molecule has 0 radical (unpaired) electrons. The molecule has 1 amide bonds. The van der Waals surface area contributed by atoms with Crippen LogP contribution in [0.4, 0.5) is 0 Å². The van der Waals surface area contributed by atoms with Gasteiger partial charge in [0.15, 0.2) is 0 Å². The second-order valence-corrected chi connectivity index (χ2v) is 4.62. The van der Waals surface area contributed by atoms with Crippen molar-refractivity contribution in [1.29, 1.82) is 0 Å². The minimum atomic E-state index is -1.14. The van der Waals surface area contributed by atoms with Gasteiger partial charge in [-0.05, 0) is 19.1 Å². The van der Waals surface area contributed by atoms with Crippen LogP contribution >= 0.6 is 11.8 Å². The van der Waals surface area contributed by atoms with E-state index < -0.39 is 11.9 Å². The Labute approximate surface area is 104 Å². The first kappa shape index (κ1) is 13.3. The van der Waals surface area contributed by atoms with Crippen LogP contribution < -0.4 is 5.32 Å². The lowest BCUT2D eigenvalue weighted by Gasteiger charge is -2.08. The monoisotopic (exact) mass is 251 g/mol. The Bertz CT molecular complexity index is 454.